The minimum Gasteiger partial charge on any atom is -0.492 e. The number of ether oxygens (including phenoxy) is 2. The van der Waals surface area contributed by atoms with E-state index in [0.717, 1.165) is 37.5 Å². The number of hydrogen-bond donors (Lipinski definition) is 1. The molecule has 1 heterocycles. The Morgan fingerprint density at radius 1 is 1.35 bits per heavy atom. The third-order valence-corrected chi connectivity index (χ3v) is 3.12. The fourth-order valence-corrected chi connectivity index (χ4v) is 2.05. The van der Waals surface area contributed by atoms with Gasteiger partial charge in [0, 0.05) is 32.4 Å². The molecule has 0 amide bonds. The van der Waals surface area contributed by atoms with E-state index in [1.807, 2.05) is 24.3 Å². The molecule has 0 radical (unpaired) electrons. The number of rotatable bonds is 5. The van der Waals surface area contributed by atoms with Gasteiger partial charge in [-0.1, -0.05) is 0 Å². The lowest BCUT2D eigenvalue weighted by atomic mass is 10.3. The lowest BCUT2D eigenvalue weighted by molar-refractivity contribution is 0.106. The lowest BCUT2D eigenvalue weighted by Crippen LogP contribution is -2.27. The minimum absolute atomic E-state index is 0.395. The van der Waals surface area contributed by atoms with Crippen LogP contribution in [0.15, 0.2) is 24.3 Å². The Morgan fingerprint density at radius 3 is 2.76 bits per heavy atom. The Labute approximate surface area is 102 Å². The number of nitrogens with zero attached hydrogens (tertiary/aromatic N) is 1. The van der Waals surface area contributed by atoms with Crippen LogP contribution >= 0.6 is 0 Å². The molecule has 0 spiro atoms. The van der Waals surface area contributed by atoms with Crippen LogP contribution in [0.4, 0.5) is 5.69 Å². The van der Waals surface area contributed by atoms with Crippen molar-refractivity contribution in [3.63, 3.8) is 0 Å². The van der Waals surface area contributed by atoms with Crippen molar-refractivity contribution in [3.05, 3.63) is 24.3 Å². The smallest absolute Gasteiger partial charge is 0.119 e. The van der Waals surface area contributed by atoms with Gasteiger partial charge in [0.25, 0.3) is 0 Å². The quantitative estimate of drug-likeness (QED) is 0.784. The highest BCUT2D eigenvalue weighted by Gasteiger charge is 2.21. The van der Waals surface area contributed by atoms with Gasteiger partial charge in [0.15, 0.2) is 0 Å². The third kappa shape index (κ3) is 3.61. The number of hydrogen-bond acceptors (Lipinski definition) is 4. The summed E-state index contributed by atoms with van der Waals surface area (Å²) in [7, 11) is 1.78. The molecule has 4 heteroatoms. The van der Waals surface area contributed by atoms with Crippen LogP contribution in [0.5, 0.6) is 5.75 Å². The second-order valence-corrected chi connectivity index (χ2v) is 4.36. The van der Waals surface area contributed by atoms with E-state index < -0.39 is 0 Å². The Morgan fingerprint density at radius 2 is 2.12 bits per heavy atom. The first-order chi connectivity index (χ1) is 8.28. The summed E-state index contributed by atoms with van der Waals surface area (Å²) in [6.45, 7) is 3.77. The SMILES string of the molecule is COC1CCN(CCOc2ccc(N)cc2)C1. The zero-order valence-electron chi connectivity index (χ0n) is 10.3. The summed E-state index contributed by atoms with van der Waals surface area (Å²) in [5.41, 5.74) is 6.37. The molecule has 1 saturated heterocycles. The second-order valence-electron chi connectivity index (χ2n) is 4.36. The van der Waals surface area contributed by atoms with E-state index >= 15 is 0 Å². The average molecular weight is 236 g/mol. The van der Waals surface area contributed by atoms with Crippen molar-refractivity contribution in [1.82, 2.24) is 4.90 Å². The molecule has 2 N–H and O–H groups in total. The topological polar surface area (TPSA) is 47.7 Å². The Hall–Kier alpha value is -1.26. The highest BCUT2D eigenvalue weighted by molar-refractivity contribution is 5.41. The van der Waals surface area contributed by atoms with E-state index in [2.05, 4.69) is 4.90 Å². The van der Waals surface area contributed by atoms with Crippen LogP contribution in [0.2, 0.25) is 0 Å². The average Bonchev–Trinajstić information content (AvgIpc) is 2.80. The molecule has 0 bridgehead atoms. The number of anilines is 1. The maximum absolute atomic E-state index is 5.65. The number of methoxy groups -OCH3 is 1. The fraction of sp³-hybridized carbons (Fsp3) is 0.538. The summed E-state index contributed by atoms with van der Waals surface area (Å²) in [6, 6.07) is 7.51. The molecule has 1 aromatic rings. The molecule has 1 unspecified atom stereocenters. The molecule has 4 nitrogen and oxygen atoms in total. The van der Waals surface area contributed by atoms with Crippen molar-refractivity contribution < 1.29 is 9.47 Å². The van der Waals surface area contributed by atoms with Crippen LogP contribution in [0.3, 0.4) is 0 Å². The third-order valence-electron chi connectivity index (χ3n) is 3.12. The number of benzene rings is 1. The van der Waals surface area contributed by atoms with Gasteiger partial charge in [0.05, 0.1) is 6.10 Å². The monoisotopic (exact) mass is 236 g/mol. The molecule has 2 rings (SSSR count). The van der Waals surface area contributed by atoms with Gasteiger partial charge >= 0.3 is 0 Å². The van der Waals surface area contributed by atoms with Gasteiger partial charge in [-0.2, -0.15) is 0 Å². The first kappa shape index (κ1) is 12.2. The Bertz CT molecular complexity index is 340. The Kier molecular flexibility index (Phi) is 4.23. The maximum Gasteiger partial charge on any atom is 0.119 e. The van der Waals surface area contributed by atoms with E-state index in [1.165, 1.54) is 0 Å². The first-order valence-corrected chi connectivity index (χ1v) is 6.01. The van der Waals surface area contributed by atoms with Crippen molar-refractivity contribution in [3.8, 4) is 5.75 Å². The molecular weight excluding hydrogens is 216 g/mol. The van der Waals surface area contributed by atoms with Crippen molar-refractivity contribution in [2.75, 3.05) is 39.1 Å². The van der Waals surface area contributed by atoms with Crippen molar-refractivity contribution >= 4 is 5.69 Å². The van der Waals surface area contributed by atoms with Gasteiger partial charge in [0.2, 0.25) is 0 Å². The van der Waals surface area contributed by atoms with Crippen molar-refractivity contribution in [1.29, 1.82) is 0 Å². The predicted octanol–water partition coefficient (Wildman–Crippen LogP) is 1.37. The van der Waals surface area contributed by atoms with Gasteiger partial charge in [-0.3, -0.25) is 4.90 Å². The van der Waals surface area contributed by atoms with E-state index in [0.29, 0.717) is 12.7 Å². The summed E-state index contributed by atoms with van der Waals surface area (Å²) in [5.74, 6) is 0.877. The van der Waals surface area contributed by atoms with Gasteiger partial charge in [-0.15, -0.1) is 0 Å². The van der Waals surface area contributed by atoms with Crippen LogP contribution in [0.25, 0.3) is 0 Å². The van der Waals surface area contributed by atoms with Crippen molar-refractivity contribution in [2.45, 2.75) is 12.5 Å². The maximum atomic E-state index is 5.65. The molecule has 17 heavy (non-hydrogen) atoms. The largest absolute Gasteiger partial charge is 0.492 e. The molecule has 0 aromatic heterocycles. The first-order valence-electron chi connectivity index (χ1n) is 6.01. The normalized spacial score (nSPS) is 20.6. The predicted molar refractivity (Wildman–Crippen MR) is 68.2 cm³/mol. The summed E-state index contributed by atoms with van der Waals surface area (Å²) >= 11 is 0. The zero-order valence-corrected chi connectivity index (χ0v) is 10.3. The van der Waals surface area contributed by atoms with Crippen LogP contribution in [-0.2, 0) is 4.74 Å². The van der Waals surface area contributed by atoms with Gasteiger partial charge < -0.3 is 15.2 Å². The molecule has 94 valence electrons. The van der Waals surface area contributed by atoms with E-state index in [1.54, 1.807) is 7.11 Å². The standard InChI is InChI=1S/C13H20N2O2/c1-16-13-6-7-15(10-13)8-9-17-12-4-2-11(14)3-5-12/h2-5,13H,6-10,14H2,1H3. The minimum atomic E-state index is 0.395. The van der Waals surface area contributed by atoms with Crippen molar-refractivity contribution in [2.24, 2.45) is 0 Å². The molecule has 1 fully saturated rings. The highest BCUT2D eigenvalue weighted by atomic mass is 16.5. The molecule has 0 saturated carbocycles. The number of nitrogen functional groups attached to an aromatic ring is 1. The van der Waals surface area contributed by atoms with Crippen LogP contribution in [0, 0.1) is 0 Å². The molecule has 0 aliphatic carbocycles. The molecule has 1 aliphatic rings. The molecule has 1 aromatic carbocycles. The molecule has 1 aliphatic heterocycles. The van der Waals surface area contributed by atoms with Gasteiger partial charge in [-0.05, 0) is 30.7 Å². The highest BCUT2D eigenvalue weighted by Crippen LogP contribution is 2.14. The summed E-state index contributed by atoms with van der Waals surface area (Å²) in [6.07, 6.45) is 1.52. The van der Waals surface area contributed by atoms with E-state index in [4.69, 9.17) is 15.2 Å². The lowest BCUT2D eigenvalue weighted by Gasteiger charge is -2.15. The van der Waals surface area contributed by atoms with E-state index in [-0.39, 0.29) is 0 Å². The van der Waals surface area contributed by atoms with Gasteiger partial charge in [0.1, 0.15) is 12.4 Å². The number of likely N-dealkylation sites (tertiary alicyclic amines) is 1. The van der Waals surface area contributed by atoms with E-state index in [9.17, 15) is 0 Å². The number of nitrogens with two attached hydrogens (primary N) is 1. The summed E-state index contributed by atoms with van der Waals surface area (Å²) in [4.78, 5) is 2.37. The Balaban J connectivity index is 1.68. The van der Waals surface area contributed by atoms with Gasteiger partial charge in [-0.25, -0.2) is 0 Å². The molecule has 1 atom stereocenters. The summed E-state index contributed by atoms with van der Waals surface area (Å²) in [5, 5.41) is 0. The van der Waals surface area contributed by atoms with Crippen LogP contribution in [-0.4, -0.2) is 44.4 Å². The second kappa shape index (κ2) is 5.89. The van der Waals surface area contributed by atoms with Crippen LogP contribution < -0.4 is 10.5 Å². The fourth-order valence-electron chi connectivity index (χ4n) is 2.05. The van der Waals surface area contributed by atoms with Crippen LogP contribution in [0.1, 0.15) is 6.42 Å². The zero-order chi connectivity index (χ0) is 12.1. The summed E-state index contributed by atoms with van der Waals surface area (Å²) < 4.78 is 11.0. The molecular formula is C13H20N2O2.